The molecular formula is C27H21ClN4O4. The predicted octanol–water partition coefficient (Wildman–Crippen LogP) is 4.61. The third-order valence-electron chi connectivity index (χ3n) is 7.06. The minimum absolute atomic E-state index is 0.0663. The van der Waals surface area contributed by atoms with Gasteiger partial charge in [-0.25, -0.2) is 0 Å². The van der Waals surface area contributed by atoms with E-state index in [9.17, 15) is 19.7 Å². The Morgan fingerprint density at radius 3 is 2.61 bits per heavy atom. The Bertz CT molecular complexity index is 1550. The number of aromatic nitrogens is 1. The summed E-state index contributed by atoms with van der Waals surface area (Å²) in [6.45, 7) is 0.137. The Balaban J connectivity index is 1.47. The van der Waals surface area contributed by atoms with E-state index in [1.807, 2.05) is 42.5 Å². The number of para-hydroxylation sites is 1. The first-order chi connectivity index (χ1) is 17.4. The summed E-state index contributed by atoms with van der Waals surface area (Å²) in [6, 6.07) is 20.0. The summed E-state index contributed by atoms with van der Waals surface area (Å²) in [5.74, 6) is -0.381. The molecule has 180 valence electrons. The van der Waals surface area contributed by atoms with Crippen molar-refractivity contribution in [2.45, 2.75) is 25.0 Å². The lowest BCUT2D eigenvalue weighted by Gasteiger charge is -2.47. The van der Waals surface area contributed by atoms with Gasteiger partial charge in [-0.15, -0.1) is 0 Å². The highest BCUT2D eigenvalue weighted by molar-refractivity contribution is 6.31. The minimum Gasteiger partial charge on any atom is -0.356 e. The SMILES string of the molecule is O=C1[C@@H]2Cc3c([nH]c4ccccc34)[C@@H](c3cccc([N+](=O)[O-])c3)N2C(=O)CN1Cc1ccccc1Cl. The first-order valence-corrected chi connectivity index (χ1v) is 12.0. The molecule has 1 aromatic heterocycles. The number of carbonyl (C=O) groups excluding carboxylic acids is 2. The smallest absolute Gasteiger partial charge is 0.269 e. The van der Waals surface area contributed by atoms with E-state index in [0.717, 1.165) is 27.7 Å². The maximum atomic E-state index is 13.8. The Hall–Kier alpha value is -4.17. The first-order valence-electron chi connectivity index (χ1n) is 11.6. The molecule has 1 N–H and O–H groups in total. The molecule has 36 heavy (non-hydrogen) atoms. The van der Waals surface area contributed by atoms with Crippen molar-refractivity contribution in [3.63, 3.8) is 0 Å². The number of hydrogen-bond acceptors (Lipinski definition) is 4. The van der Waals surface area contributed by atoms with Gasteiger partial charge in [-0.05, 0) is 28.8 Å². The zero-order chi connectivity index (χ0) is 25.0. The van der Waals surface area contributed by atoms with Crippen molar-refractivity contribution < 1.29 is 14.5 Å². The Morgan fingerprint density at radius 2 is 1.81 bits per heavy atom. The number of fused-ring (bicyclic) bond motifs is 4. The number of hydrogen-bond donors (Lipinski definition) is 1. The number of rotatable bonds is 4. The van der Waals surface area contributed by atoms with Crippen LogP contribution in [0, 0.1) is 10.1 Å². The lowest BCUT2D eigenvalue weighted by atomic mass is 9.86. The van der Waals surface area contributed by atoms with E-state index in [4.69, 9.17) is 11.6 Å². The van der Waals surface area contributed by atoms with Crippen LogP contribution in [-0.4, -0.2) is 44.1 Å². The molecular weight excluding hydrogens is 480 g/mol. The van der Waals surface area contributed by atoms with E-state index in [1.54, 1.807) is 28.0 Å². The van der Waals surface area contributed by atoms with E-state index in [2.05, 4.69) is 4.98 Å². The van der Waals surface area contributed by atoms with Gasteiger partial charge in [-0.2, -0.15) is 0 Å². The van der Waals surface area contributed by atoms with Crippen molar-refractivity contribution in [2.24, 2.45) is 0 Å². The van der Waals surface area contributed by atoms with E-state index in [-0.39, 0.29) is 30.6 Å². The molecule has 0 unspecified atom stereocenters. The van der Waals surface area contributed by atoms with Crippen LogP contribution in [0.25, 0.3) is 10.9 Å². The highest BCUT2D eigenvalue weighted by atomic mass is 35.5. The Morgan fingerprint density at radius 1 is 1.03 bits per heavy atom. The number of aromatic amines is 1. The Kier molecular flexibility index (Phi) is 5.26. The number of H-pyrrole nitrogens is 1. The molecule has 1 fully saturated rings. The number of benzene rings is 3. The van der Waals surface area contributed by atoms with Crippen LogP contribution in [0.1, 0.15) is 28.4 Å². The second-order valence-corrected chi connectivity index (χ2v) is 9.53. The molecule has 2 aliphatic heterocycles. The number of nitro benzene ring substituents is 1. The van der Waals surface area contributed by atoms with Gasteiger partial charge in [0.1, 0.15) is 12.6 Å². The molecule has 1 saturated heterocycles. The maximum absolute atomic E-state index is 13.8. The summed E-state index contributed by atoms with van der Waals surface area (Å²) >= 11 is 6.33. The summed E-state index contributed by atoms with van der Waals surface area (Å²) in [6.07, 6.45) is 0.356. The average molecular weight is 501 g/mol. The summed E-state index contributed by atoms with van der Waals surface area (Å²) in [4.78, 5) is 45.1. The molecule has 0 bridgehead atoms. The minimum atomic E-state index is -0.732. The van der Waals surface area contributed by atoms with Gasteiger partial charge >= 0.3 is 0 Å². The molecule has 0 radical (unpaired) electrons. The number of halogens is 1. The van der Waals surface area contributed by atoms with Gasteiger partial charge in [0.2, 0.25) is 11.8 Å². The standard InChI is InChI=1S/C27H21ClN4O4/c28-21-10-3-1-6-17(21)14-30-15-24(33)31-23(27(30)34)13-20-19-9-2-4-11-22(19)29-25(20)26(31)16-7-5-8-18(12-16)32(35)36/h1-12,23,26,29H,13-15H2/t23-,26+/m0/s1. The highest BCUT2D eigenvalue weighted by Crippen LogP contribution is 2.43. The van der Waals surface area contributed by atoms with Gasteiger partial charge < -0.3 is 14.8 Å². The fourth-order valence-corrected chi connectivity index (χ4v) is 5.64. The van der Waals surface area contributed by atoms with Gasteiger partial charge in [0, 0.05) is 46.7 Å². The molecule has 4 aromatic rings. The summed E-state index contributed by atoms with van der Waals surface area (Å²) in [5.41, 5.74) is 3.92. The summed E-state index contributed by atoms with van der Waals surface area (Å²) < 4.78 is 0. The van der Waals surface area contributed by atoms with Crippen molar-refractivity contribution in [3.8, 4) is 0 Å². The van der Waals surface area contributed by atoms with Crippen molar-refractivity contribution in [1.82, 2.24) is 14.8 Å². The molecule has 6 rings (SSSR count). The number of nitro groups is 1. The number of amides is 2. The monoisotopic (exact) mass is 500 g/mol. The van der Waals surface area contributed by atoms with E-state index < -0.39 is 17.0 Å². The van der Waals surface area contributed by atoms with E-state index in [0.29, 0.717) is 17.0 Å². The largest absolute Gasteiger partial charge is 0.356 e. The lowest BCUT2D eigenvalue weighted by molar-refractivity contribution is -0.384. The first kappa shape index (κ1) is 22.3. The summed E-state index contributed by atoms with van der Waals surface area (Å²) in [5, 5.41) is 13.0. The molecule has 3 heterocycles. The fourth-order valence-electron chi connectivity index (χ4n) is 5.44. The van der Waals surface area contributed by atoms with Gasteiger partial charge in [-0.3, -0.25) is 19.7 Å². The van der Waals surface area contributed by atoms with E-state index in [1.165, 1.54) is 12.1 Å². The normalized spacial score (nSPS) is 19.4. The number of non-ortho nitro benzene ring substituents is 1. The number of nitrogens with zero attached hydrogens (tertiary/aromatic N) is 3. The molecule has 2 aliphatic rings. The maximum Gasteiger partial charge on any atom is 0.269 e. The van der Waals surface area contributed by atoms with Crippen molar-refractivity contribution in [2.75, 3.05) is 6.54 Å². The van der Waals surface area contributed by atoms with Crippen LogP contribution in [0.3, 0.4) is 0 Å². The highest BCUT2D eigenvalue weighted by Gasteiger charge is 2.48. The lowest BCUT2D eigenvalue weighted by Crippen LogP contribution is -2.62. The van der Waals surface area contributed by atoms with Gasteiger partial charge in [0.25, 0.3) is 5.69 Å². The third kappa shape index (κ3) is 3.53. The molecule has 2 atom stereocenters. The second kappa shape index (κ2) is 8.49. The van der Waals surface area contributed by atoms with Gasteiger partial charge in [0.15, 0.2) is 0 Å². The topological polar surface area (TPSA) is 99.5 Å². The molecule has 0 saturated carbocycles. The van der Waals surface area contributed by atoms with Crippen LogP contribution in [0.4, 0.5) is 5.69 Å². The zero-order valence-corrected chi connectivity index (χ0v) is 19.8. The molecule has 8 nitrogen and oxygen atoms in total. The van der Waals surface area contributed by atoms with Gasteiger partial charge in [-0.1, -0.05) is 60.1 Å². The predicted molar refractivity (Wildman–Crippen MR) is 134 cm³/mol. The van der Waals surface area contributed by atoms with Crippen LogP contribution in [0.5, 0.6) is 0 Å². The molecule has 0 aliphatic carbocycles. The summed E-state index contributed by atoms with van der Waals surface area (Å²) in [7, 11) is 0. The van der Waals surface area contributed by atoms with Crippen LogP contribution in [0.15, 0.2) is 72.8 Å². The second-order valence-electron chi connectivity index (χ2n) is 9.12. The van der Waals surface area contributed by atoms with E-state index >= 15 is 0 Å². The number of carbonyl (C=O) groups is 2. The van der Waals surface area contributed by atoms with Crippen LogP contribution < -0.4 is 0 Å². The molecule has 0 spiro atoms. The van der Waals surface area contributed by atoms with Crippen molar-refractivity contribution in [1.29, 1.82) is 0 Å². The molecule has 9 heteroatoms. The number of nitrogens with one attached hydrogen (secondary N) is 1. The van der Waals surface area contributed by atoms with Crippen LogP contribution >= 0.6 is 11.6 Å². The van der Waals surface area contributed by atoms with Crippen LogP contribution in [-0.2, 0) is 22.6 Å². The van der Waals surface area contributed by atoms with Crippen LogP contribution in [0.2, 0.25) is 5.02 Å². The average Bonchev–Trinajstić information content (AvgIpc) is 3.25. The van der Waals surface area contributed by atoms with Crippen molar-refractivity contribution >= 4 is 40.0 Å². The zero-order valence-electron chi connectivity index (χ0n) is 19.1. The fraction of sp³-hybridized carbons (Fsp3) is 0.185. The molecule has 3 aromatic carbocycles. The van der Waals surface area contributed by atoms with Crippen molar-refractivity contribution in [3.05, 3.63) is 110 Å². The molecule has 2 amide bonds. The third-order valence-corrected chi connectivity index (χ3v) is 7.43. The van der Waals surface area contributed by atoms with Gasteiger partial charge in [0.05, 0.1) is 11.0 Å². The Labute approximate surface area is 211 Å². The quantitative estimate of drug-likeness (QED) is 0.326. The number of piperazine rings is 1.